The van der Waals surface area contributed by atoms with E-state index in [1.165, 1.54) is 109 Å². The van der Waals surface area contributed by atoms with Crippen molar-refractivity contribution in [3.05, 3.63) is 488 Å². The van der Waals surface area contributed by atoms with E-state index in [1.54, 1.807) is 12.4 Å². The molecule has 0 spiro atoms. The van der Waals surface area contributed by atoms with Gasteiger partial charge in [-0.15, -0.1) is 0 Å². The van der Waals surface area contributed by atoms with Gasteiger partial charge in [0.05, 0.1) is 55.3 Å². The lowest BCUT2D eigenvalue weighted by Gasteiger charge is -1.98. The summed E-state index contributed by atoms with van der Waals surface area (Å²) in [6.07, 6.45) is 25.9. The van der Waals surface area contributed by atoms with Crippen LogP contribution in [0.1, 0.15) is 67.7 Å². The molecule has 0 unspecified atom stereocenters. The Morgan fingerprint density at radius 3 is 1.28 bits per heavy atom. The maximum Gasteiger partial charge on any atom is 0.125 e. The average molecular weight is 1720 g/mol. The molecule has 0 aliphatic heterocycles. The van der Waals surface area contributed by atoms with Crippen molar-refractivity contribution in [1.82, 2.24) is 74.8 Å². The van der Waals surface area contributed by atoms with E-state index in [9.17, 15) is 0 Å². The first-order chi connectivity index (χ1) is 64.4. The van der Waals surface area contributed by atoms with Gasteiger partial charge >= 0.3 is 0 Å². The van der Waals surface area contributed by atoms with Crippen molar-refractivity contribution in [1.29, 1.82) is 0 Å². The Labute approximate surface area is 771 Å². The van der Waals surface area contributed by atoms with Crippen LogP contribution >= 0.6 is 0 Å². The Balaban J connectivity index is 0.000000122. The summed E-state index contributed by atoms with van der Waals surface area (Å²) in [6.45, 7) is 24.3. The van der Waals surface area contributed by atoms with Gasteiger partial charge < -0.3 is 0 Å². The van der Waals surface area contributed by atoms with E-state index in [-0.39, 0.29) is 0 Å². The normalized spacial score (nSPS) is 10.3. The summed E-state index contributed by atoms with van der Waals surface area (Å²) in [7, 11) is 0. The van der Waals surface area contributed by atoms with E-state index in [2.05, 4.69) is 268 Å². The molecule has 11 aromatic carbocycles. The van der Waals surface area contributed by atoms with Crippen LogP contribution in [-0.4, -0.2) is 74.8 Å². The SMILES string of the molecule is Cc1cc2ccccc2cn1.Cc1ccc2ccccc2n1.Cc1ccc2cccnc2c1.Cc1ccc2ccncc2c1.Cc1ccc2cnccc2c1.Cc1ccc2ncccc2c1.Cc1ccc2ncccc2n1.Cc1cnc2ccccc2c1.Cc1cnc2ccccc2n1.Cc1cncc2ccccc12.Cc1ncc2ccccc2n1.Cc1nccc2ccccc12. The lowest BCUT2D eigenvalue weighted by Crippen LogP contribution is -1.86. The van der Waals surface area contributed by atoms with E-state index in [0.717, 1.165) is 89.3 Å². The van der Waals surface area contributed by atoms with E-state index in [1.807, 2.05) is 298 Å². The van der Waals surface area contributed by atoms with Crippen LogP contribution in [0.25, 0.3) is 130 Å². The summed E-state index contributed by atoms with van der Waals surface area (Å²) in [5, 5.41) is 18.4. The maximum absolute atomic E-state index is 4.38. The number of aromatic nitrogens is 15. The number of para-hydroxylation sites is 5. The molecule has 15 heteroatoms. The summed E-state index contributed by atoms with van der Waals surface area (Å²) in [5.41, 5.74) is 22.0. The van der Waals surface area contributed by atoms with Gasteiger partial charge in [0.1, 0.15) is 5.82 Å². The molecule has 0 aliphatic carbocycles. The van der Waals surface area contributed by atoms with Gasteiger partial charge in [-0.1, -0.05) is 223 Å². The second kappa shape index (κ2) is 47.8. The Hall–Kier alpha value is -16.7. The molecule has 648 valence electrons. The van der Waals surface area contributed by atoms with Gasteiger partial charge in [-0.2, -0.15) is 0 Å². The van der Waals surface area contributed by atoms with Gasteiger partial charge in [0, 0.05) is 163 Å². The van der Waals surface area contributed by atoms with Gasteiger partial charge in [-0.05, 0) is 254 Å². The lowest BCUT2D eigenvalue weighted by atomic mass is 10.1. The van der Waals surface area contributed by atoms with Crippen molar-refractivity contribution >= 4 is 130 Å². The molecule has 13 heterocycles. The zero-order chi connectivity index (χ0) is 92.2. The minimum atomic E-state index is 0.823. The molecule has 0 atom stereocenters. The standard InChI is InChI=1S/9C10H9N.3C9H8N2/c1-8-2-3-10-7-11-5-4-9(10)6-8;1-8-2-3-9-4-5-11-7-10(9)6-8;1-8-4-5-10-9(7-8)3-2-6-11-10;1-8-4-5-9-3-2-6-11-10(9)7-8;1-8-6-11-7-9-4-2-3-5-10(8)9;1-8-6-9-4-2-3-5-10(9)7-11-8;1-8-6-9-4-2-3-5-10(9)11-7-8;1-8-10-5-3-2-4-9(10)6-7-11-8;1-8-6-7-9-4-2-3-5-10(9)11-8;1-7-4-5-8-9(11-7)3-2-6-10-8;1-7-10-6-8-4-2-3-5-9(8)11-7;1-7-6-10-8-4-2-3-5-9(8)11-7/h9*2-7H,1H3;3*2-6H,1H3. The molecule has 24 aromatic rings. The quantitative estimate of drug-likeness (QED) is 0.139. The van der Waals surface area contributed by atoms with Crippen LogP contribution < -0.4 is 0 Å². The largest absolute Gasteiger partial charge is 0.264 e. The summed E-state index contributed by atoms with van der Waals surface area (Å²) in [5.74, 6) is 0.823. The summed E-state index contributed by atoms with van der Waals surface area (Å²) < 4.78 is 0. The number of fused-ring (bicyclic) bond motifs is 12. The minimum absolute atomic E-state index is 0.823. The number of nitrogens with zero attached hydrogens (tertiary/aromatic N) is 15. The highest BCUT2D eigenvalue weighted by molar-refractivity contribution is 5.88. The van der Waals surface area contributed by atoms with Crippen LogP contribution in [0.3, 0.4) is 0 Å². The zero-order valence-electron chi connectivity index (χ0n) is 76.5. The predicted octanol–water partition coefficient (Wildman–Crippen LogP) is 28.7. The van der Waals surface area contributed by atoms with E-state index in [0.29, 0.717) is 0 Å². The van der Waals surface area contributed by atoms with Gasteiger partial charge in [0.2, 0.25) is 0 Å². The fourth-order valence-corrected chi connectivity index (χ4v) is 14.0. The molecule has 0 fully saturated rings. The van der Waals surface area contributed by atoms with Crippen LogP contribution in [-0.2, 0) is 0 Å². The molecule has 13 aromatic heterocycles. The van der Waals surface area contributed by atoms with Crippen molar-refractivity contribution in [3.8, 4) is 0 Å². The van der Waals surface area contributed by atoms with Gasteiger partial charge in [0.25, 0.3) is 0 Å². The van der Waals surface area contributed by atoms with Crippen molar-refractivity contribution in [2.45, 2.75) is 83.1 Å². The molecule has 24 rings (SSSR count). The summed E-state index contributed by atoms with van der Waals surface area (Å²) in [4.78, 5) is 63.1. The Morgan fingerprint density at radius 1 is 0.159 bits per heavy atom. The van der Waals surface area contributed by atoms with Crippen molar-refractivity contribution in [2.24, 2.45) is 0 Å². The maximum atomic E-state index is 4.38. The predicted molar refractivity (Wildman–Crippen MR) is 551 cm³/mol. The zero-order valence-corrected chi connectivity index (χ0v) is 76.5. The van der Waals surface area contributed by atoms with Gasteiger partial charge in [-0.25, -0.2) is 15.0 Å². The molecule has 0 amide bonds. The molecule has 0 saturated heterocycles. The highest BCUT2D eigenvalue weighted by Crippen LogP contribution is 2.22. The smallest absolute Gasteiger partial charge is 0.125 e. The molecule has 0 N–H and O–H groups in total. The number of pyridine rings is 11. The third-order valence-corrected chi connectivity index (χ3v) is 20.9. The Bertz CT molecular complexity index is 6490. The molecule has 0 aliphatic rings. The average Bonchev–Trinajstić information content (AvgIpc) is 0.815. The van der Waals surface area contributed by atoms with Gasteiger partial charge in [-0.3, -0.25) is 59.8 Å². The number of rotatable bonds is 0. The Morgan fingerprint density at radius 2 is 0.568 bits per heavy atom. The number of hydrogen-bond acceptors (Lipinski definition) is 15. The first kappa shape index (κ1) is 93.0. The van der Waals surface area contributed by atoms with Gasteiger partial charge in [0.15, 0.2) is 0 Å². The summed E-state index contributed by atoms with van der Waals surface area (Å²) in [6, 6.07) is 113. The molecule has 0 radical (unpaired) electrons. The number of aryl methyl sites for hydroxylation is 12. The van der Waals surface area contributed by atoms with Crippen LogP contribution in [0.15, 0.2) is 420 Å². The van der Waals surface area contributed by atoms with Crippen molar-refractivity contribution in [2.75, 3.05) is 0 Å². The summed E-state index contributed by atoms with van der Waals surface area (Å²) >= 11 is 0. The van der Waals surface area contributed by atoms with E-state index in [4.69, 9.17) is 0 Å². The molecule has 0 saturated carbocycles. The van der Waals surface area contributed by atoms with Crippen LogP contribution in [0, 0.1) is 83.1 Å². The molecular formula is C117H105N15. The molecule has 0 bridgehead atoms. The second-order valence-corrected chi connectivity index (χ2v) is 31.6. The minimum Gasteiger partial charge on any atom is -0.264 e. The third kappa shape index (κ3) is 28.2. The molecule has 15 nitrogen and oxygen atoms in total. The first-order valence-corrected chi connectivity index (χ1v) is 43.7. The van der Waals surface area contributed by atoms with Crippen molar-refractivity contribution < 1.29 is 0 Å². The highest BCUT2D eigenvalue weighted by Gasteiger charge is 2.02. The van der Waals surface area contributed by atoms with E-state index >= 15 is 0 Å². The highest BCUT2D eigenvalue weighted by atomic mass is 14.9. The fourth-order valence-electron chi connectivity index (χ4n) is 14.0. The fraction of sp³-hybridized carbons (Fsp3) is 0.103. The number of benzene rings is 11. The number of hydrogen-bond donors (Lipinski definition) is 0. The first-order valence-electron chi connectivity index (χ1n) is 43.7. The third-order valence-electron chi connectivity index (χ3n) is 20.9. The van der Waals surface area contributed by atoms with Crippen LogP contribution in [0.4, 0.5) is 0 Å². The van der Waals surface area contributed by atoms with Crippen LogP contribution in [0.5, 0.6) is 0 Å². The molecular weight excluding hydrogens is 1620 g/mol. The molecule has 132 heavy (non-hydrogen) atoms. The van der Waals surface area contributed by atoms with Crippen LogP contribution in [0.2, 0.25) is 0 Å². The second-order valence-electron chi connectivity index (χ2n) is 31.6. The Kier molecular flexibility index (Phi) is 33.7. The van der Waals surface area contributed by atoms with Crippen molar-refractivity contribution in [3.63, 3.8) is 0 Å². The van der Waals surface area contributed by atoms with E-state index < -0.39 is 0 Å². The topological polar surface area (TPSA) is 193 Å². The lowest BCUT2D eigenvalue weighted by molar-refractivity contribution is 1.09. The monoisotopic (exact) mass is 1720 g/mol.